The molecule has 1 aliphatic rings. The smallest absolute Gasteiger partial charge is 0.321 e. The van der Waals surface area contributed by atoms with Gasteiger partial charge in [0, 0.05) is 38.4 Å². The Balaban J connectivity index is 1.83. The van der Waals surface area contributed by atoms with Crippen molar-refractivity contribution in [2.75, 3.05) is 37.6 Å². The highest BCUT2D eigenvalue weighted by Crippen LogP contribution is 2.15. The monoisotopic (exact) mass is 249 g/mol. The maximum absolute atomic E-state index is 10.7. The largest absolute Gasteiger partial charge is 0.480 e. The van der Waals surface area contributed by atoms with E-state index in [-0.39, 0.29) is 0 Å². The molecule has 1 aromatic carbocycles. The van der Waals surface area contributed by atoms with Crippen molar-refractivity contribution in [3.63, 3.8) is 0 Å². The maximum Gasteiger partial charge on any atom is 0.321 e. The molecule has 0 radical (unpaired) electrons. The number of nitrogens with two attached hydrogens (primary N) is 1. The van der Waals surface area contributed by atoms with Gasteiger partial charge in [0.25, 0.3) is 0 Å². The topological polar surface area (TPSA) is 69.8 Å². The zero-order valence-electron chi connectivity index (χ0n) is 10.3. The fourth-order valence-electron chi connectivity index (χ4n) is 2.18. The molecule has 1 aromatic rings. The van der Waals surface area contributed by atoms with Gasteiger partial charge in [-0.15, -0.1) is 0 Å². The van der Waals surface area contributed by atoms with Gasteiger partial charge in [-0.2, -0.15) is 0 Å². The summed E-state index contributed by atoms with van der Waals surface area (Å²) < 4.78 is 0. The molecule has 5 nitrogen and oxygen atoms in total. The van der Waals surface area contributed by atoms with E-state index in [0.29, 0.717) is 6.54 Å². The van der Waals surface area contributed by atoms with Crippen LogP contribution in [0.4, 0.5) is 5.69 Å². The minimum atomic E-state index is -0.930. The van der Waals surface area contributed by atoms with Crippen molar-refractivity contribution < 1.29 is 9.90 Å². The summed E-state index contributed by atoms with van der Waals surface area (Å²) in [5.74, 6) is -0.930. The van der Waals surface area contributed by atoms with Gasteiger partial charge in [0.2, 0.25) is 0 Å². The molecule has 3 N–H and O–H groups in total. The molecule has 0 spiro atoms. The number of carboxylic acids is 1. The number of hydrogen-bond donors (Lipinski definition) is 2. The Labute approximate surface area is 107 Å². The molecule has 0 saturated carbocycles. The number of piperazine rings is 1. The predicted molar refractivity (Wildman–Crippen MR) is 70.7 cm³/mol. The van der Waals surface area contributed by atoms with Crippen LogP contribution in [0.1, 0.15) is 0 Å². The van der Waals surface area contributed by atoms with E-state index < -0.39 is 12.0 Å². The van der Waals surface area contributed by atoms with Crippen molar-refractivity contribution in [2.45, 2.75) is 6.04 Å². The molecule has 2 rings (SSSR count). The van der Waals surface area contributed by atoms with E-state index in [2.05, 4.69) is 21.9 Å². The molecule has 0 aromatic heterocycles. The number of anilines is 1. The highest BCUT2D eigenvalue weighted by Gasteiger charge is 2.21. The molecule has 18 heavy (non-hydrogen) atoms. The van der Waals surface area contributed by atoms with Crippen molar-refractivity contribution in [3.05, 3.63) is 30.3 Å². The van der Waals surface area contributed by atoms with Gasteiger partial charge in [0.05, 0.1) is 0 Å². The number of benzene rings is 1. The first-order chi connectivity index (χ1) is 8.66. The van der Waals surface area contributed by atoms with Crippen LogP contribution in [0, 0.1) is 0 Å². The summed E-state index contributed by atoms with van der Waals surface area (Å²) in [7, 11) is 0. The van der Waals surface area contributed by atoms with Crippen LogP contribution in [0.15, 0.2) is 30.3 Å². The first-order valence-corrected chi connectivity index (χ1v) is 6.17. The lowest BCUT2D eigenvalue weighted by atomic mass is 10.2. The standard InChI is InChI=1S/C13H19N3O2/c14-12(13(17)18)10-15-6-8-16(9-7-15)11-4-2-1-3-5-11/h1-5,12H,6-10,14H2,(H,17,18)/t12-/m1/s1. The summed E-state index contributed by atoms with van der Waals surface area (Å²) in [6.45, 7) is 3.97. The van der Waals surface area contributed by atoms with Crippen molar-refractivity contribution in [3.8, 4) is 0 Å². The maximum atomic E-state index is 10.7. The van der Waals surface area contributed by atoms with Crippen molar-refractivity contribution in [1.29, 1.82) is 0 Å². The Morgan fingerprint density at radius 1 is 1.22 bits per heavy atom. The molecule has 98 valence electrons. The minimum absolute atomic E-state index is 0.429. The lowest BCUT2D eigenvalue weighted by molar-refractivity contribution is -0.139. The van der Waals surface area contributed by atoms with Crippen molar-refractivity contribution in [1.82, 2.24) is 4.90 Å². The number of para-hydroxylation sites is 1. The number of aliphatic carboxylic acids is 1. The summed E-state index contributed by atoms with van der Waals surface area (Å²) in [5, 5.41) is 8.78. The SMILES string of the molecule is N[C@H](CN1CCN(c2ccccc2)CC1)C(=O)O. The second kappa shape index (κ2) is 5.84. The van der Waals surface area contributed by atoms with Crippen molar-refractivity contribution >= 4 is 11.7 Å². The summed E-state index contributed by atoms with van der Waals surface area (Å²) >= 11 is 0. The van der Waals surface area contributed by atoms with Crippen LogP contribution in [0.3, 0.4) is 0 Å². The van der Waals surface area contributed by atoms with E-state index in [1.165, 1.54) is 5.69 Å². The highest BCUT2D eigenvalue weighted by atomic mass is 16.4. The summed E-state index contributed by atoms with van der Waals surface area (Å²) in [4.78, 5) is 15.1. The molecular weight excluding hydrogens is 230 g/mol. The van der Waals surface area contributed by atoms with Gasteiger partial charge in [-0.05, 0) is 12.1 Å². The van der Waals surface area contributed by atoms with Crippen LogP contribution >= 0.6 is 0 Å². The van der Waals surface area contributed by atoms with Crippen LogP contribution in [-0.2, 0) is 4.79 Å². The van der Waals surface area contributed by atoms with Gasteiger partial charge in [-0.3, -0.25) is 9.69 Å². The van der Waals surface area contributed by atoms with Crippen molar-refractivity contribution in [2.24, 2.45) is 5.73 Å². The predicted octanol–water partition coefficient (Wildman–Crippen LogP) is 0.220. The third-order valence-electron chi connectivity index (χ3n) is 3.27. The number of hydrogen-bond acceptors (Lipinski definition) is 4. The van der Waals surface area contributed by atoms with Crippen LogP contribution < -0.4 is 10.6 Å². The first kappa shape index (κ1) is 12.9. The molecule has 1 aliphatic heterocycles. The van der Waals surface area contributed by atoms with Gasteiger partial charge in [0.15, 0.2) is 0 Å². The third kappa shape index (κ3) is 3.21. The average molecular weight is 249 g/mol. The lowest BCUT2D eigenvalue weighted by Crippen LogP contribution is -2.51. The molecule has 0 aliphatic carbocycles. The van der Waals surface area contributed by atoms with E-state index in [0.717, 1.165) is 26.2 Å². The minimum Gasteiger partial charge on any atom is -0.480 e. The molecule has 0 unspecified atom stereocenters. The van der Waals surface area contributed by atoms with E-state index in [9.17, 15) is 4.79 Å². The van der Waals surface area contributed by atoms with E-state index in [4.69, 9.17) is 10.8 Å². The van der Waals surface area contributed by atoms with Gasteiger partial charge in [-0.25, -0.2) is 0 Å². The van der Waals surface area contributed by atoms with Crippen LogP contribution in [0.5, 0.6) is 0 Å². The fraction of sp³-hybridized carbons (Fsp3) is 0.462. The highest BCUT2D eigenvalue weighted by molar-refractivity contribution is 5.73. The fourth-order valence-corrected chi connectivity index (χ4v) is 2.18. The molecule has 1 atom stereocenters. The van der Waals surface area contributed by atoms with Crippen LogP contribution in [0.2, 0.25) is 0 Å². The van der Waals surface area contributed by atoms with E-state index >= 15 is 0 Å². The Hall–Kier alpha value is -1.59. The van der Waals surface area contributed by atoms with Gasteiger partial charge < -0.3 is 15.7 Å². The number of carboxylic acid groups (broad SMARTS) is 1. The molecule has 1 heterocycles. The normalized spacial score (nSPS) is 18.6. The molecule has 0 bridgehead atoms. The molecule has 0 amide bonds. The second-order valence-electron chi connectivity index (χ2n) is 4.57. The average Bonchev–Trinajstić information content (AvgIpc) is 2.40. The number of carbonyl (C=O) groups is 1. The van der Waals surface area contributed by atoms with Gasteiger partial charge in [-0.1, -0.05) is 18.2 Å². The number of nitrogens with zero attached hydrogens (tertiary/aromatic N) is 2. The third-order valence-corrected chi connectivity index (χ3v) is 3.27. The molecular formula is C13H19N3O2. The van der Waals surface area contributed by atoms with E-state index in [1.54, 1.807) is 0 Å². The Morgan fingerprint density at radius 2 is 1.83 bits per heavy atom. The summed E-state index contributed by atoms with van der Waals surface area (Å²) in [5.41, 5.74) is 6.76. The Kier molecular flexibility index (Phi) is 4.17. The first-order valence-electron chi connectivity index (χ1n) is 6.17. The summed E-state index contributed by atoms with van der Waals surface area (Å²) in [6.07, 6.45) is 0. The zero-order chi connectivity index (χ0) is 13.0. The quantitative estimate of drug-likeness (QED) is 0.799. The number of rotatable bonds is 4. The van der Waals surface area contributed by atoms with Crippen LogP contribution in [0.25, 0.3) is 0 Å². The Bertz CT molecular complexity index is 388. The van der Waals surface area contributed by atoms with E-state index in [1.807, 2.05) is 18.2 Å². The molecule has 1 saturated heterocycles. The molecule has 5 heteroatoms. The Morgan fingerprint density at radius 3 is 2.39 bits per heavy atom. The van der Waals surface area contributed by atoms with Gasteiger partial charge >= 0.3 is 5.97 Å². The summed E-state index contributed by atoms with van der Waals surface area (Å²) in [6, 6.07) is 9.47. The zero-order valence-corrected chi connectivity index (χ0v) is 10.3. The van der Waals surface area contributed by atoms with Gasteiger partial charge in [0.1, 0.15) is 6.04 Å². The van der Waals surface area contributed by atoms with Crippen LogP contribution in [-0.4, -0.2) is 54.7 Å². The second-order valence-corrected chi connectivity index (χ2v) is 4.57. The molecule has 1 fully saturated rings. The lowest BCUT2D eigenvalue weighted by Gasteiger charge is -2.36.